The summed E-state index contributed by atoms with van der Waals surface area (Å²) in [6.07, 6.45) is -12.5. The molecule has 1 amide bonds. The first-order valence-electron chi connectivity index (χ1n) is 13.6. The van der Waals surface area contributed by atoms with Gasteiger partial charge in [-0.2, -0.15) is 26.3 Å². The molecule has 0 N–H and O–H groups in total. The molecule has 0 aliphatic carbocycles. The Bertz CT molecular complexity index is 1240. The van der Waals surface area contributed by atoms with Crippen LogP contribution >= 0.6 is 0 Å². The highest BCUT2D eigenvalue weighted by Crippen LogP contribution is 2.43. The molecule has 2 aromatic rings. The number of carbonyl (C=O) groups is 2. The van der Waals surface area contributed by atoms with Crippen molar-refractivity contribution in [1.29, 1.82) is 0 Å². The van der Waals surface area contributed by atoms with Crippen molar-refractivity contribution in [3.63, 3.8) is 0 Å². The Balaban J connectivity index is 2.04. The zero-order valence-electron chi connectivity index (χ0n) is 24.3. The predicted octanol–water partition coefficient (Wildman–Crippen LogP) is 8.06. The van der Waals surface area contributed by atoms with E-state index in [1.165, 1.54) is 43.2 Å². The van der Waals surface area contributed by atoms with Crippen LogP contribution in [0.5, 0.6) is 0 Å². The number of nitrogens with zero attached hydrogens (tertiary/aromatic N) is 1. The van der Waals surface area contributed by atoms with Gasteiger partial charge >= 0.3 is 24.4 Å². The van der Waals surface area contributed by atoms with Gasteiger partial charge in [0.15, 0.2) is 0 Å². The number of hydrogen-bond acceptors (Lipinski definition) is 5. The van der Waals surface area contributed by atoms with E-state index in [1.54, 1.807) is 20.8 Å². The van der Waals surface area contributed by atoms with Gasteiger partial charge in [0.1, 0.15) is 11.4 Å². The molecule has 4 atom stereocenters. The number of halogens is 7. The Labute approximate surface area is 245 Å². The fraction of sp³-hybridized carbons (Fsp3) is 0.533. The third-order valence-electron chi connectivity index (χ3n) is 7.04. The Morgan fingerprint density at radius 1 is 0.953 bits per heavy atom. The number of ether oxygens (including phenoxy) is 3. The smallest absolute Gasteiger partial charge is 0.416 e. The van der Waals surface area contributed by atoms with Crippen LogP contribution in [0.15, 0.2) is 42.5 Å². The predicted molar refractivity (Wildman–Crippen MR) is 141 cm³/mol. The van der Waals surface area contributed by atoms with Gasteiger partial charge in [0.05, 0.1) is 37.0 Å². The Morgan fingerprint density at radius 2 is 1.51 bits per heavy atom. The van der Waals surface area contributed by atoms with Crippen LogP contribution in [0.3, 0.4) is 0 Å². The number of amides is 1. The van der Waals surface area contributed by atoms with E-state index in [9.17, 15) is 40.3 Å². The van der Waals surface area contributed by atoms with Crippen LogP contribution in [0, 0.1) is 5.82 Å². The summed E-state index contributed by atoms with van der Waals surface area (Å²) in [7, 11) is 1.23. The Kier molecular flexibility index (Phi) is 10.4. The summed E-state index contributed by atoms with van der Waals surface area (Å²) in [5.41, 5.74) is -3.70. The van der Waals surface area contributed by atoms with Crippen LogP contribution in [-0.2, 0) is 31.4 Å². The largest absolute Gasteiger partial charge is 0.469 e. The van der Waals surface area contributed by atoms with Crippen molar-refractivity contribution in [3.05, 3.63) is 70.5 Å². The third kappa shape index (κ3) is 9.07. The first-order valence-corrected chi connectivity index (χ1v) is 13.6. The molecule has 1 heterocycles. The first kappa shape index (κ1) is 34.1. The van der Waals surface area contributed by atoms with Gasteiger partial charge in [0.25, 0.3) is 0 Å². The first-order chi connectivity index (χ1) is 19.8. The normalized spacial score (nSPS) is 20.2. The molecule has 0 aromatic heterocycles. The fourth-order valence-corrected chi connectivity index (χ4v) is 5.11. The van der Waals surface area contributed by atoms with E-state index < -0.39 is 71.1 Å². The molecule has 6 nitrogen and oxygen atoms in total. The number of alkyl halides is 6. The van der Waals surface area contributed by atoms with E-state index in [1.807, 2.05) is 0 Å². The van der Waals surface area contributed by atoms with Crippen molar-refractivity contribution >= 4 is 12.1 Å². The average Bonchev–Trinajstić information content (AvgIpc) is 3.24. The zero-order valence-corrected chi connectivity index (χ0v) is 24.3. The molecule has 0 unspecified atom stereocenters. The van der Waals surface area contributed by atoms with Gasteiger partial charge in [0.2, 0.25) is 0 Å². The van der Waals surface area contributed by atoms with E-state index in [2.05, 4.69) is 0 Å². The SMILES string of the molecule is COC(=O)CCC[C@H]1[C@H](c2ccc(F)cc2)[C@@H](O[C@H](C)c2cc(C(F)(F)F)cc(C(F)(F)F)c2)CN1C(=O)OC(C)(C)C. The molecule has 0 radical (unpaired) electrons. The lowest BCUT2D eigenvalue weighted by Gasteiger charge is -2.31. The zero-order chi connectivity index (χ0) is 32.3. The van der Waals surface area contributed by atoms with Gasteiger partial charge in [-0.3, -0.25) is 4.79 Å². The number of hydrogen-bond donors (Lipinski definition) is 0. The quantitative estimate of drug-likeness (QED) is 0.221. The molecule has 1 aliphatic rings. The highest BCUT2D eigenvalue weighted by Gasteiger charge is 2.47. The molecule has 0 saturated carbocycles. The minimum atomic E-state index is -5.04. The lowest BCUT2D eigenvalue weighted by atomic mass is 9.87. The number of esters is 1. The van der Waals surface area contributed by atoms with Crippen LogP contribution in [0.4, 0.5) is 35.5 Å². The van der Waals surface area contributed by atoms with Gasteiger partial charge in [0, 0.05) is 18.4 Å². The fourth-order valence-electron chi connectivity index (χ4n) is 5.11. The number of benzene rings is 2. The molecule has 13 heteroatoms. The number of rotatable bonds is 8. The van der Waals surface area contributed by atoms with Crippen LogP contribution in [0.2, 0.25) is 0 Å². The molecule has 1 saturated heterocycles. The molecule has 2 aromatic carbocycles. The van der Waals surface area contributed by atoms with E-state index in [-0.39, 0.29) is 37.4 Å². The lowest BCUT2D eigenvalue weighted by Crippen LogP contribution is -2.41. The average molecular weight is 622 g/mol. The van der Waals surface area contributed by atoms with Crippen molar-refractivity contribution in [2.75, 3.05) is 13.7 Å². The van der Waals surface area contributed by atoms with E-state index in [4.69, 9.17) is 14.2 Å². The second kappa shape index (κ2) is 13.1. The summed E-state index contributed by atoms with van der Waals surface area (Å²) in [6, 6.07) is 5.89. The summed E-state index contributed by atoms with van der Waals surface area (Å²) in [5, 5.41) is 0. The Morgan fingerprint density at radius 3 is 2.00 bits per heavy atom. The lowest BCUT2D eigenvalue weighted by molar-refractivity contribution is -0.143. The van der Waals surface area contributed by atoms with E-state index >= 15 is 0 Å². The number of carbonyl (C=O) groups excluding carboxylic acids is 2. The summed E-state index contributed by atoms with van der Waals surface area (Å²) in [5.74, 6) is -1.71. The maximum absolute atomic E-state index is 13.8. The van der Waals surface area contributed by atoms with E-state index in [0.717, 1.165) is 0 Å². The highest BCUT2D eigenvalue weighted by molar-refractivity contribution is 5.70. The van der Waals surface area contributed by atoms with Gasteiger partial charge in [-0.1, -0.05) is 12.1 Å². The molecule has 1 aliphatic heterocycles. The second-order valence-electron chi connectivity index (χ2n) is 11.4. The van der Waals surface area contributed by atoms with Crippen LogP contribution < -0.4 is 0 Å². The molecular weight excluding hydrogens is 587 g/mol. The van der Waals surface area contributed by atoms with Crippen LogP contribution in [0.25, 0.3) is 0 Å². The van der Waals surface area contributed by atoms with Gasteiger partial charge < -0.3 is 19.1 Å². The summed E-state index contributed by atoms with van der Waals surface area (Å²) < 4.78 is 111. The third-order valence-corrected chi connectivity index (χ3v) is 7.04. The standard InChI is InChI=1S/C30H34F7NO5/c1-17(19-13-20(29(32,33)34)15-21(14-19)30(35,36)37)42-24-16-38(27(40)43-28(2,3)4)23(7-6-8-25(39)41-5)26(24)18-9-11-22(31)12-10-18/h9-15,17,23-24,26H,6-8,16H2,1-5H3/t17-,23+,24+,26+/m1/s1. The summed E-state index contributed by atoms with van der Waals surface area (Å²) in [4.78, 5) is 26.5. The van der Waals surface area contributed by atoms with Gasteiger partial charge in [-0.25, -0.2) is 9.18 Å². The topological polar surface area (TPSA) is 65.1 Å². The molecular formula is C30H34F7NO5. The van der Waals surface area contributed by atoms with Gasteiger partial charge in [-0.15, -0.1) is 0 Å². The van der Waals surface area contributed by atoms with Crippen molar-refractivity contribution in [2.45, 2.75) is 89.1 Å². The molecule has 1 fully saturated rings. The van der Waals surface area contributed by atoms with Crippen LogP contribution in [-0.4, -0.2) is 48.4 Å². The maximum Gasteiger partial charge on any atom is 0.416 e. The van der Waals surface area contributed by atoms with E-state index in [0.29, 0.717) is 17.7 Å². The van der Waals surface area contributed by atoms with Crippen molar-refractivity contribution in [2.24, 2.45) is 0 Å². The molecule has 0 spiro atoms. The Hall–Kier alpha value is -3.35. The minimum Gasteiger partial charge on any atom is -0.469 e. The molecule has 3 rings (SSSR count). The second-order valence-corrected chi connectivity index (χ2v) is 11.4. The van der Waals surface area contributed by atoms with Crippen molar-refractivity contribution in [1.82, 2.24) is 4.90 Å². The summed E-state index contributed by atoms with van der Waals surface area (Å²) >= 11 is 0. The molecule has 43 heavy (non-hydrogen) atoms. The van der Waals surface area contributed by atoms with Crippen LogP contribution in [0.1, 0.15) is 81.2 Å². The van der Waals surface area contributed by atoms with Crippen molar-refractivity contribution < 1.29 is 54.5 Å². The molecule has 0 bridgehead atoms. The van der Waals surface area contributed by atoms with Crippen molar-refractivity contribution in [3.8, 4) is 0 Å². The molecule has 238 valence electrons. The number of likely N-dealkylation sites (tertiary alicyclic amines) is 1. The maximum atomic E-state index is 13.8. The number of methoxy groups -OCH3 is 1. The monoisotopic (exact) mass is 621 g/mol. The summed E-state index contributed by atoms with van der Waals surface area (Å²) in [6.45, 7) is 6.17. The van der Waals surface area contributed by atoms with Gasteiger partial charge in [-0.05, 0) is 82.0 Å². The highest BCUT2D eigenvalue weighted by atomic mass is 19.4. The minimum absolute atomic E-state index is 0.0255.